The van der Waals surface area contributed by atoms with Crippen LogP contribution in [-0.2, 0) is 28.5 Å². The Morgan fingerprint density at radius 2 is 1.72 bits per heavy atom. The first kappa shape index (κ1) is 24.5. The van der Waals surface area contributed by atoms with Crippen LogP contribution >= 0.6 is 11.3 Å². The molecule has 46 heavy (non-hydrogen) atoms. The molecule has 244 valence electrons. The number of phenols is 1. The van der Waals surface area contributed by atoms with E-state index in [1.807, 2.05) is 0 Å². The van der Waals surface area contributed by atoms with Crippen LogP contribution in [0, 0.1) is 11.8 Å². The summed E-state index contributed by atoms with van der Waals surface area (Å²) >= 11 is 1.25. The Morgan fingerprint density at radius 1 is 0.978 bits per heavy atom. The summed E-state index contributed by atoms with van der Waals surface area (Å²) in [6, 6.07) is 8.97. The second kappa shape index (κ2) is 11.6. The van der Waals surface area contributed by atoms with Crippen molar-refractivity contribution in [1.82, 2.24) is 0 Å². The van der Waals surface area contributed by atoms with Crippen molar-refractivity contribution < 1.29 is 69.6 Å². The molecule has 0 unspecified atom stereocenters. The standard InChI is InChI=1S/C32H32O13S/c1-37-19-6-13(7-20(38-2)25(19)33)23-14-8-17-18(42-12-41-17)9-15(14)28(16-10-39-30(36)24(16)23)44-32-27(35)26(34)29-21(43-32)11-40-31(45-29)22-4-3-5-46-22/h3-9,16,21,23-24,26-29,31-35H,10-12H2,1-2H3/t16-,21+,23+,24-,26+,27+,28+,29+,31+,32-/m0/s1/i10D2,11D2,23D. The second-order valence-corrected chi connectivity index (χ2v) is 12.1. The van der Waals surface area contributed by atoms with Crippen LogP contribution in [0.2, 0.25) is 0 Å². The van der Waals surface area contributed by atoms with Crippen LogP contribution in [0.5, 0.6) is 28.7 Å². The maximum absolute atomic E-state index is 13.8. The summed E-state index contributed by atoms with van der Waals surface area (Å²) in [5, 5.41) is 35.1. The first-order valence-corrected chi connectivity index (χ1v) is 15.2. The number of carbonyl (C=O) groups excluding carboxylic acids is 1. The van der Waals surface area contributed by atoms with Crippen LogP contribution in [0.15, 0.2) is 41.8 Å². The molecule has 14 heteroatoms. The lowest BCUT2D eigenvalue weighted by Gasteiger charge is -2.48. The number of ether oxygens (including phenoxy) is 9. The van der Waals surface area contributed by atoms with Gasteiger partial charge in [0.25, 0.3) is 0 Å². The zero-order valence-corrected chi connectivity index (χ0v) is 25.1. The highest BCUT2D eigenvalue weighted by molar-refractivity contribution is 7.10. The summed E-state index contributed by atoms with van der Waals surface area (Å²) in [6.07, 6.45) is -11.2. The average Bonchev–Trinajstić information content (AvgIpc) is 3.84. The Balaban J connectivity index is 1.24. The van der Waals surface area contributed by atoms with Gasteiger partial charge in [-0.15, -0.1) is 11.3 Å². The zero-order chi connectivity index (χ0) is 36.2. The molecule has 3 fully saturated rings. The smallest absolute Gasteiger partial charge is 0.310 e. The molecule has 13 nitrogen and oxygen atoms in total. The molecule has 4 aliphatic heterocycles. The molecule has 5 heterocycles. The normalized spacial score (nSPS) is 39.7. The van der Waals surface area contributed by atoms with Gasteiger partial charge in [-0.2, -0.15) is 0 Å². The molecule has 1 aromatic heterocycles. The van der Waals surface area contributed by atoms with Crippen molar-refractivity contribution in [3.63, 3.8) is 0 Å². The lowest BCUT2D eigenvalue weighted by molar-refractivity contribution is -0.368. The predicted octanol–water partition coefficient (Wildman–Crippen LogP) is 2.75. The van der Waals surface area contributed by atoms with Crippen LogP contribution in [0.25, 0.3) is 0 Å². The highest BCUT2D eigenvalue weighted by atomic mass is 32.1. The largest absolute Gasteiger partial charge is 0.502 e. The van der Waals surface area contributed by atoms with Crippen molar-refractivity contribution in [2.75, 3.05) is 34.1 Å². The Bertz CT molecular complexity index is 1840. The van der Waals surface area contributed by atoms with E-state index >= 15 is 0 Å². The van der Waals surface area contributed by atoms with Gasteiger partial charge < -0.3 is 58.0 Å². The molecule has 8 rings (SSSR count). The van der Waals surface area contributed by atoms with E-state index in [1.165, 1.54) is 49.8 Å². The lowest BCUT2D eigenvalue weighted by Crippen LogP contribution is -2.62. The summed E-state index contributed by atoms with van der Waals surface area (Å²) in [4.78, 5) is 14.3. The maximum Gasteiger partial charge on any atom is 0.310 e. The van der Waals surface area contributed by atoms with E-state index in [9.17, 15) is 21.5 Å². The van der Waals surface area contributed by atoms with Gasteiger partial charge in [0.05, 0.1) is 49.7 Å². The number of fused-ring (bicyclic) bond motifs is 4. The fourth-order valence-corrected chi connectivity index (χ4v) is 7.14. The number of carbonyl (C=O) groups is 1. The van der Waals surface area contributed by atoms with Gasteiger partial charge in [0.15, 0.2) is 35.6 Å². The molecule has 0 spiro atoms. The van der Waals surface area contributed by atoms with E-state index in [1.54, 1.807) is 17.5 Å². The highest BCUT2D eigenvalue weighted by Crippen LogP contribution is 2.57. The SMILES string of the molecule is [2H]C1([2H])OC(=O)[C@H]2[C@H]1[C@H](O[C@@H]1O[C@H]3[C@@H](O[C@H](c4cccs4)OC3([2H])[2H])[C@H](O)[C@H]1O)c1cc3c(cc1[C@@]2([2H])c1cc(OC)c(O)c(OC)c1)OCO3. The quantitative estimate of drug-likeness (QED) is 0.331. The number of aromatic hydroxyl groups is 1. The van der Waals surface area contributed by atoms with E-state index in [0.717, 1.165) is 0 Å². The van der Waals surface area contributed by atoms with Gasteiger partial charge in [0, 0.05) is 13.2 Å². The number of aliphatic hydroxyl groups excluding tert-OH is 2. The third-order valence-electron chi connectivity index (χ3n) is 8.65. The van der Waals surface area contributed by atoms with E-state index in [0.29, 0.717) is 4.88 Å². The molecule has 1 aliphatic carbocycles. The highest BCUT2D eigenvalue weighted by Gasteiger charge is 2.56. The van der Waals surface area contributed by atoms with Crippen molar-refractivity contribution in [3.8, 4) is 28.7 Å². The monoisotopic (exact) mass is 661 g/mol. The minimum atomic E-state index is -2.77. The number of benzene rings is 2. The van der Waals surface area contributed by atoms with Crippen LogP contribution < -0.4 is 18.9 Å². The van der Waals surface area contributed by atoms with Gasteiger partial charge in [-0.25, -0.2) is 0 Å². The van der Waals surface area contributed by atoms with E-state index in [-0.39, 0.29) is 52.2 Å². The van der Waals surface area contributed by atoms with Crippen molar-refractivity contribution in [1.29, 1.82) is 0 Å². The Morgan fingerprint density at radius 3 is 2.41 bits per heavy atom. The van der Waals surface area contributed by atoms with Gasteiger partial charge in [-0.1, -0.05) is 6.07 Å². The number of aliphatic hydroxyl groups is 2. The molecule has 0 radical (unpaired) electrons. The Hall–Kier alpha value is -3.63. The minimum absolute atomic E-state index is 0.0643. The topological polar surface area (TPSA) is 161 Å². The second-order valence-electron chi connectivity index (χ2n) is 11.1. The first-order valence-electron chi connectivity index (χ1n) is 16.9. The molecular formula is C32H32O13S. The van der Waals surface area contributed by atoms with Crippen molar-refractivity contribution in [2.24, 2.45) is 11.8 Å². The van der Waals surface area contributed by atoms with Crippen LogP contribution in [-0.4, -0.2) is 86.1 Å². The summed E-state index contributed by atoms with van der Waals surface area (Å²) in [6.45, 7) is -5.50. The molecule has 0 amide bonds. The van der Waals surface area contributed by atoms with Crippen LogP contribution in [0.4, 0.5) is 0 Å². The summed E-state index contributed by atoms with van der Waals surface area (Å²) in [7, 11) is 2.58. The summed E-state index contributed by atoms with van der Waals surface area (Å²) < 4.78 is 96.1. The molecule has 3 aromatic rings. The first-order chi connectivity index (χ1) is 24.2. The number of cyclic esters (lactones) is 1. The molecule has 3 N–H and O–H groups in total. The number of hydrogen-bond donors (Lipinski definition) is 3. The van der Waals surface area contributed by atoms with Crippen molar-refractivity contribution in [3.05, 3.63) is 63.3 Å². The molecule has 5 aliphatic rings. The third kappa shape index (κ3) is 4.70. The van der Waals surface area contributed by atoms with Gasteiger partial charge >= 0.3 is 5.97 Å². The summed E-state index contributed by atoms with van der Waals surface area (Å²) in [5.41, 5.74) is 0.270. The van der Waals surface area contributed by atoms with Crippen molar-refractivity contribution in [2.45, 2.75) is 49.0 Å². The third-order valence-corrected chi connectivity index (χ3v) is 9.54. The number of methoxy groups -OCH3 is 2. The number of phenolic OH excluding ortho intramolecular Hbond substituents is 1. The average molecular weight is 662 g/mol. The number of thiophene rings is 1. The lowest BCUT2D eigenvalue weighted by atomic mass is 9.66. The zero-order valence-electron chi connectivity index (χ0n) is 29.3. The van der Waals surface area contributed by atoms with Crippen LogP contribution in [0.3, 0.4) is 0 Å². The fraction of sp³-hybridized carbons (Fsp3) is 0.469. The molecule has 10 atom stereocenters. The molecular weight excluding hydrogens is 624 g/mol. The Kier molecular flexibility index (Phi) is 6.16. The van der Waals surface area contributed by atoms with Crippen LogP contribution in [0.1, 0.15) is 46.7 Å². The van der Waals surface area contributed by atoms with Gasteiger partial charge in [0.2, 0.25) is 12.5 Å². The van der Waals surface area contributed by atoms with Gasteiger partial charge in [-0.3, -0.25) is 4.79 Å². The van der Waals surface area contributed by atoms with Crippen molar-refractivity contribution >= 4 is 17.3 Å². The molecule has 0 bridgehead atoms. The minimum Gasteiger partial charge on any atom is -0.502 e. The predicted molar refractivity (Wildman–Crippen MR) is 156 cm³/mol. The number of esters is 1. The van der Waals surface area contributed by atoms with E-state index < -0.39 is 79.9 Å². The van der Waals surface area contributed by atoms with E-state index in [2.05, 4.69) is 0 Å². The fourth-order valence-electron chi connectivity index (χ4n) is 6.46. The molecule has 0 saturated carbocycles. The molecule has 2 aromatic carbocycles. The number of hydrogen-bond acceptors (Lipinski definition) is 14. The Labute approximate surface area is 274 Å². The molecule has 3 saturated heterocycles. The van der Waals surface area contributed by atoms with E-state index in [4.69, 9.17) is 48.1 Å². The van der Waals surface area contributed by atoms with Gasteiger partial charge in [-0.05, 0) is 52.4 Å². The summed E-state index contributed by atoms with van der Waals surface area (Å²) in [5.74, 6) is -6.60. The maximum atomic E-state index is 13.8. The van der Waals surface area contributed by atoms with Gasteiger partial charge in [0.1, 0.15) is 24.4 Å². The number of rotatable bonds is 6.